The molecule has 0 radical (unpaired) electrons. The first-order valence-corrected chi connectivity index (χ1v) is 28.9. The van der Waals surface area contributed by atoms with Gasteiger partial charge in [-0.3, -0.25) is 0 Å². The Morgan fingerprint density at radius 1 is 0.484 bits per heavy atom. The maximum absolute atomic E-state index is 7.38. The van der Waals surface area contributed by atoms with Crippen LogP contribution in [0.25, 0.3) is 52.8 Å². The number of nitrogens with zero attached hydrogens (tertiary/aromatic N) is 2. The summed E-state index contributed by atoms with van der Waals surface area (Å²) in [6.07, 6.45) is 34.3. The van der Waals surface area contributed by atoms with Crippen LogP contribution < -0.4 is 0 Å². The van der Waals surface area contributed by atoms with E-state index in [0.29, 0.717) is 0 Å². The summed E-state index contributed by atoms with van der Waals surface area (Å²) in [5.41, 5.74) is 13.6. The molecular formula is C54H69ClN2S5. The lowest BCUT2D eigenvalue weighted by atomic mass is 10.0. The van der Waals surface area contributed by atoms with Gasteiger partial charge in [-0.25, -0.2) is 0 Å². The predicted octanol–water partition coefficient (Wildman–Crippen LogP) is 19.9. The Morgan fingerprint density at radius 3 is 1.63 bits per heavy atom. The Hall–Kier alpha value is -2.13. The molecule has 5 heterocycles. The Kier molecular flexibility index (Phi) is 17.1. The van der Waals surface area contributed by atoms with Crippen molar-refractivity contribution in [3.8, 4) is 30.6 Å². The van der Waals surface area contributed by atoms with Gasteiger partial charge >= 0.3 is 0 Å². The Bertz CT molecular complexity index is 2410. The first-order chi connectivity index (χ1) is 30.4. The van der Waals surface area contributed by atoms with Gasteiger partial charge in [0.15, 0.2) is 0 Å². The molecule has 5 aromatic heterocycles. The molecule has 0 fully saturated rings. The minimum absolute atomic E-state index is 0.796. The Labute approximate surface area is 399 Å². The van der Waals surface area contributed by atoms with Gasteiger partial charge in [-0.1, -0.05) is 141 Å². The lowest BCUT2D eigenvalue weighted by molar-refractivity contribution is 0.556. The van der Waals surface area contributed by atoms with E-state index in [4.69, 9.17) is 20.3 Å². The summed E-state index contributed by atoms with van der Waals surface area (Å²) >= 11 is 16.6. The topological polar surface area (TPSA) is 25.8 Å². The molecule has 62 heavy (non-hydrogen) atoms. The molecule has 8 rings (SSSR count). The maximum atomic E-state index is 7.38. The van der Waals surface area contributed by atoms with Crippen LogP contribution in [0.1, 0.15) is 197 Å². The number of aryl methyl sites for hydroxylation is 6. The zero-order valence-corrected chi connectivity index (χ0v) is 42.9. The molecule has 0 saturated heterocycles. The molecule has 1 aromatic carbocycles. The number of halogens is 1. The molecule has 0 aliphatic heterocycles. The van der Waals surface area contributed by atoms with Gasteiger partial charge in [0.25, 0.3) is 0 Å². The van der Waals surface area contributed by atoms with Gasteiger partial charge in [0.1, 0.15) is 11.0 Å². The lowest BCUT2D eigenvalue weighted by Crippen LogP contribution is -1.87. The highest BCUT2D eigenvalue weighted by atomic mass is 35.5. The van der Waals surface area contributed by atoms with Crippen LogP contribution in [0.5, 0.6) is 0 Å². The average Bonchev–Trinajstić information content (AvgIpc) is 4.13. The summed E-state index contributed by atoms with van der Waals surface area (Å²) < 4.78 is 9.95. The maximum Gasteiger partial charge on any atom is 0.115 e. The van der Waals surface area contributed by atoms with E-state index in [1.54, 1.807) is 32.0 Å². The molecule has 2 nitrogen and oxygen atoms in total. The molecule has 2 aliphatic carbocycles. The van der Waals surface area contributed by atoms with E-state index in [9.17, 15) is 0 Å². The first-order valence-electron chi connectivity index (χ1n) is 24.6. The second-order valence-electron chi connectivity index (χ2n) is 18.4. The fourth-order valence-corrected chi connectivity index (χ4v) is 16.0. The van der Waals surface area contributed by atoms with E-state index < -0.39 is 0 Å². The monoisotopic (exact) mass is 940 g/mol. The van der Waals surface area contributed by atoms with Gasteiger partial charge < -0.3 is 0 Å². The fraction of sp³-hybridized carbons (Fsp3) is 0.556. The quantitative estimate of drug-likeness (QED) is 0.0535. The number of unbranched alkanes of at least 4 members (excludes halogenated alkanes) is 18. The Morgan fingerprint density at radius 2 is 1.00 bits per heavy atom. The van der Waals surface area contributed by atoms with Gasteiger partial charge in [-0.2, -0.15) is 8.75 Å². The van der Waals surface area contributed by atoms with Crippen molar-refractivity contribution in [3.05, 3.63) is 77.1 Å². The third kappa shape index (κ3) is 11.1. The van der Waals surface area contributed by atoms with E-state index in [1.807, 2.05) is 34.0 Å². The minimum Gasteiger partial charge on any atom is -0.172 e. The van der Waals surface area contributed by atoms with Gasteiger partial charge in [0, 0.05) is 50.1 Å². The van der Waals surface area contributed by atoms with E-state index >= 15 is 0 Å². The lowest BCUT2D eigenvalue weighted by Gasteiger charge is -2.07. The molecule has 6 aromatic rings. The number of hydrogen-bond acceptors (Lipinski definition) is 7. The van der Waals surface area contributed by atoms with Gasteiger partial charge in [-0.05, 0) is 129 Å². The van der Waals surface area contributed by atoms with Crippen molar-refractivity contribution < 1.29 is 0 Å². The van der Waals surface area contributed by atoms with Crippen LogP contribution in [0.3, 0.4) is 0 Å². The number of hydrogen-bond donors (Lipinski definition) is 0. The van der Waals surface area contributed by atoms with Crippen LogP contribution in [0.2, 0.25) is 5.02 Å². The molecule has 0 N–H and O–H groups in total. The van der Waals surface area contributed by atoms with Crippen molar-refractivity contribution in [1.82, 2.24) is 8.75 Å². The molecule has 2 aliphatic rings. The second-order valence-corrected chi connectivity index (χ2v) is 23.9. The van der Waals surface area contributed by atoms with Gasteiger partial charge in [0.05, 0.1) is 16.8 Å². The highest BCUT2D eigenvalue weighted by Gasteiger charge is 2.30. The number of aromatic nitrogens is 2. The molecule has 0 saturated carbocycles. The summed E-state index contributed by atoms with van der Waals surface area (Å²) in [4.78, 5) is 11.4. The van der Waals surface area contributed by atoms with Crippen LogP contribution in [0.4, 0.5) is 0 Å². The largest absolute Gasteiger partial charge is 0.172 e. The SMILES string of the molecule is CCCCCCCCCCCCc1cc(-c2c(Cl)cc(-c3cc(CCCCCCCCCCCC)c(-c4cc5c(s4)/C(=C4\CCc6cc(C)sc64)CC5)s3)c3nsnc23)sc1C. The number of fused-ring (bicyclic) bond motifs is 3. The van der Waals surface area contributed by atoms with Gasteiger partial charge in [-0.15, -0.1) is 45.3 Å². The van der Waals surface area contributed by atoms with Crippen molar-refractivity contribution in [2.75, 3.05) is 0 Å². The summed E-state index contributed by atoms with van der Waals surface area (Å²) in [6.45, 7) is 9.17. The van der Waals surface area contributed by atoms with E-state index in [2.05, 4.69) is 69.4 Å². The molecule has 0 unspecified atom stereocenters. The van der Waals surface area contributed by atoms with Crippen molar-refractivity contribution in [3.63, 3.8) is 0 Å². The molecule has 0 atom stereocenters. The molecule has 0 spiro atoms. The standard InChI is InChI=1S/C54H69ClN2S5/c1-5-7-9-11-13-15-17-19-21-23-25-38-32-47(59-37(38)4)49-45(55)35-44(50-51(49)57-62-56-50)46-33-39(26-24-22-20-18-16-14-12-10-8-6-2)54(60-46)48-34-41-28-30-43(53(41)61-48)42-29-27-40-31-36(3)58-52(40)42/h31-35H,5-30H2,1-4H3/b43-42+. The highest BCUT2D eigenvalue weighted by molar-refractivity contribution is 7.24. The van der Waals surface area contributed by atoms with Crippen LogP contribution in [-0.4, -0.2) is 8.75 Å². The van der Waals surface area contributed by atoms with Crippen molar-refractivity contribution in [2.24, 2.45) is 0 Å². The zero-order valence-electron chi connectivity index (χ0n) is 38.1. The van der Waals surface area contributed by atoms with Crippen molar-refractivity contribution in [2.45, 2.75) is 195 Å². The summed E-state index contributed by atoms with van der Waals surface area (Å²) in [5.74, 6) is 0. The second kappa shape index (κ2) is 22.9. The normalized spacial score (nSPS) is 14.9. The minimum atomic E-state index is 0.796. The Balaban J connectivity index is 1.01. The third-order valence-electron chi connectivity index (χ3n) is 13.6. The molecule has 8 heteroatoms. The van der Waals surface area contributed by atoms with Crippen LogP contribution in [0, 0.1) is 13.8 Å². The number of benzene rings is 1. The van der Waals surface area contributed by atoms with Crippen LogP contribution >= 0.6 is 68.7 Å². The number of thiophene rings is 4. The van der Waals surface area contributed by atoms with Crippen LogP contribution in [-0.2, 0) is 25.7 Å². The average molecular weight is 942 g/mol. The number of rotatable bonds is 25. The van der Waals surface area contributed by atoms with Gasteiger partial charge in [0.2, 0.25) is 0 Å². The predicted molar refractivity (Wildman–Crippen MR) is 281 cm³/mol. The van der Waals surface area contributed by atoms with Crippen LogP contribution in [0.15, 0.2) is 30.3 Å². The fourth-order valence-electron chi connectivity index (χ4n) is 10.1. The molecule has 0 bridgehead atoms. The smallest absolute Gasteiger partial charge is 0.115 e. The zero-order chi connectivity index (χ0) is 42.8. The summed E-state index contributed by atoms with van der Waals surface area (Å²) in [5, 5.41) is 0.796. The third-order valence-corrected chi connectivity index (χ3v) is 19.3. The van der Waals surface area contributed by atoms with Crippen molar-refractivity contribution in [1.29, 1.82) is 0 Å². The molecular weight excluding hydrogens is 872 g/mol. The van der Waals surface area contributed by atoms with E-state index in [-0.39, 0.29) is 0 Å². The highest BCUT2D eigenvalue weighted by Crippen LogP contribution is 2.53. The van der Waals surface area contributed by atoms with E-state index in [1.165, 1.54) is 206 Å². The molecule has 332 valence electrons. The molecule has 0 amide bonds. The van der Waals surface area contributed by atoms with E-state index in [0.717, 1.165) is 40.0 Å². The number of allylic oxidation sites excluding steroid dienone is 2. The van der Waals surface area contributed by atoms with Crippen molar-refractivity contribution >= 4 is 90.9 Å². The summed E-state index contributed by atoms with van der Waals surface area (Å²) in [7, 11) is 0. The summed E-state index contributed by atoms with van der Waals surface area (Å²) in [6, 6.07) is 12.1. The first kappa shape index (κ1) is 46.4.